The minimum absolute atomic E-state index is 0.0148. The molecule has 1 spiro atoms. The number of halogens is 1. The molecule has 2 bridgehead atoms. The number of benzene rings is 1. The van der Waals surface area contributed by atoms with Gasteiger partial charge in [-0.1, -0.05) is 42.8 Å². The number of amides is 3. The maximum absolute atomic E-state index is 14.6. The van der Waals surface area contributed by atoms with Crippen molar-refractivity contribution < 1.29 is 19.5 Å². The molecule has 3 heterocycles. The number of aliphatic hydroxyl groups is 1. The van der Waals surface area contributed by atoms with Crippen LogP contribution in [-0.4, -0.2) is 80.9 Å². The van der Waals surface area contributed by atoms with Crippen molar-refractivity contribution in [2.45, 2.75) is 67.9 Å². The SMILES string of the molecule is C=CCN(CCC)C(=O)[C@@H]1[C@H]2C(=O)N(CCCCCO)C(C(=O)N(CC=C)c3ccccc3Cl)C23CC[C@@]1(C)S3. The molecule has 0 aromatic heterocycles. The highest BCUT2D eigenvalue weighted by Gasteiger charge is 2.77. The summed E-state index contributed by atoms with van der Waals surface area (Å²) in [4.78, 5) is 48.4. The topological polar surface area (TPSA) is 81.2 Å². The van der Waals surface area contributed by atoms with Crippen LogP contribution in [0.1, 0.15) is 52.4 Å². The minimum Gasteiger partial charge on any atom is -0.396 e. The molecule has 0 radical (unpaired) electrons. The van der Waals surface area contributed by atoms with Gasteiger partial charge in [0.2, 0.25) is 11.8 Å². The molecule has 7 nitrogen and oxygen atoms in total. The normalized spacial score (nSPS) is 28.4. The van der Waals surface area contributed by atoms with E-state index in [1.54, 1.807) is 39.8 Å². The number of likely N-dealkylation sites (tertiary alicyclic amines) is 1. The Bertz CT molecular complexity index is 1150. The maximum Gasteiger partial charge on any atom is 0.251 e. The van der Waals surface area contributed by atoms with Crippen molar-refractivity contribution in [1.82, 2.24) is 9.80 Å². The number of nitrogens with zero attached hydrogens (tertiary/aromatic N) is 3. The van der Waals surface area contributed by atoms with E-state index in [0.29, 0.717) is 49.6 Å². The van der Waals surface area contributed by atoms with E-state index in [0.717, 1.165) is 19.3 Å². The highest BCUT2D eigenvalue weighted by Crippen LogP contribution is 2.71. The van der Waals surface area contributed by atoms with Crippen molar-refractivity contribution in [2.24, 2.45) is 11.8 Å². The Morgan fingerprint density at radius 1 is 1.15 bits per heavy atom. The van der Waals surface area contributed by atoms with E-state index in [2.05, 4.69) is 20.1 Å². The van der Waals surface area contributed by atoms with Crippen LogP contribution in [0.3, 0.4) is 0 Å². The van der Waals surface area contributed by atoms with E-state index in [9.17, 15) is 19.5 Å². The van der Waals surface area contributed by atoms with E-state index in [1.165, 1.54) is 0 Å². The highest BCUT2D eigenvalue weighted by molar-refractivity contribution is 8.02. The number of carbonyl (C=O) groups excluding carboxylic acids is 3. The quantitative estimate of drug-likeness (QED) is 0.247. The first-order valence-corrected chi connectivity index (χ1v) is 15.6. The molecule has 218 valence electrons. The second-order valence-electron chi connectivity index (χ2n) is 11.3. The summed E-state index contributed by atoms with van der Waals surface area (Å²) < 4.78 is -1.13. The molecule has 3 amide bonds. The zero-order valence-electron chi connectivity index (χ0n) is 23.7. The van der Waals surface area contributed by atoms with Gasteiger partial charge in [-0.2, -0.15) is 0 Å². The van der Waals surface area contributed by atoms with Crippen LogP contribution in [0.2, 0.25) is 5.02 Å². The molecule has 0 saturated carbocycles. The predicted octanol–water partition coefficient (Wildman–Crippen LogP) is 4.93. The average Bonchev–Trinajstić information content (AvgIpc) is 3.50. The second kappa shape index (κ2) is 12.7. The van der Waals surface area contributed by atoms with Crippen LogP contribution in [-0.2, 0) is 14.4 Å². The van der Waals surface area contributed by atoms with Gasteiger partial charge in [0.05, 0.1) is 27.3 Å². The predicted molar refractivity (Wildman–Crippen MR) is 162 cm³/mol. The third kappa shape index (κ3) is 5.23. The van der Waals surface area contributed by atoms with Crippen molar-refractivity contribution in [3.8, 4) is 0 Å². The van der Waals surface area contributed by atoms with E-state index < -0.39 is 27.4 Å². The van der Waals surface area contributed by atoms with Crippen LogP contribution < -0.4 is 4.90 Å². The molecule has 9 heteroatoms. The number of carbonyl (C=O) groups is 3. The first-order chi connectivity index (χ1) is 19.2. The van der Waals surface area contributed by atoms with Crippen LogP contribution in [0.5, 0.6) is 0 Å². The fourth-order valence-electron chi connectivity index (χ4n) is 7.06. The van der Waals surface area contributed by atoms with Crippen molar-refractivity contribution in [2.75, 3.05) is 37.7 Å². The summed E-state index contributed by atoms with van der Waals surface area (Å²) in [5.41, 5.74) is 0.582. The minimum atomic E-state index is -0.723. The molecule has 5 atom stereocenters. The summed E-state index contributed by atoms with van der Waals surface area (Å²) in [7, 11) is 0. The van der Waals surface area contributed by atoms with Crippen molar-refractivity contribution >= 4 is 46.8 Å². The number of para-hydroxylation sites is 1. The maximum atomic E-state index is 14.6. The Morgan fingerprint density at radius 3 is 2.52 bits per heavy atom. The zero-order valence-corrected chi connectivity index (χ0v) is 25.3. The number of anilines is 1. The lowest BCUT2D eigenvalue weighted by Crippen LogP contribution is -2.55. The second-order valence-corrected chi connectivity index (χ2v) is 13.6. The molecule has 2 unspecified atom stereocenters. The van der Waals surface area contributed by atoms with Gasteiger partial charge in [-0.25, -0.2) is 0 Å². The van der Waals surface area contributed by atoms with Gasteiger partial charge in [0, 0.05) is 37.5 Å². The monoisotopic (exact) mass is 587 g/mol. The van der Waals surface area contributed by atoms with Crippen molar-refractivity contribution in [1.29, 1.82) is 0 Å². The fraction of sp³-hybridized carbons (Fsp3) is 0.581. The van der Waals surface area contributed by atoms with Crippen LogP contribution in [0.15, 0.2) is 49.6 Å². The first-order valence-electron chi connectivity index (χ1n) is 14.4. The van der Waals surface area contributed by atoms with Crippen molar-refractivity contribution in [3.05, 3.63) is 54.6 Å². The van der Waals surface area contributed by atoms with E-state index in [-0.39, 0.29) is 30.9 Å². The molecule has 4 rings (SSSR count). The first kappa shape index (κ1) is 30.7. The largest absolute Gasteiger partial charge is 0.396 e. The third-order valence-electron chi connectivity index (χ3n) is 8.71. The van der Waals surface area contributed by atoms with Gasteiger partial charge in [0.1, 0.15) is 6.04 Å². The number of rotatable bonds is 14. The van der Waals surface area contributed by atoms with Crippen LogP contribution in [0, 0.1) is 11.8 Å². The molecule has 3 fully saturated rings. The lowest BCUT2D eigenvalue weighted by atomic mass is 9.66. The molecular formula is C31H42ClN3O4S. The number of unbranched alkanes of at least 4 members (excludes halogenated alkanes) is 2. The summed E-state index contributed by atoms with van der Waals surface area (Å²) in [6, 6.07) is 6.50. The number of thioether (sulfide) groups is 1. The Labute approximate surface area is 247 Å². The van der Waals surface area contributed by atoms with Gasteiger partial charge in [-0.3, -0.25) is 14.4 Å². The van der Waals surface area contributed by atoms with Gasteiger partial charge >= 0.3 is 0 Å². The molecule has 1 N–H and O–H groups in total. The zero-order chi connectivity index (χ0) is 29.1. The molecule has 0 aliphatic carbocycles. The van der Waals surface area contributed by atoms with Gasteiger partial charge in [0.15, 0.2) is 0 Å². The average molecular weight is 588 g/mol. The highest BCUT2D eigenvalue weighted by atomic mass is 35.5. The Hall–Kier alpha value is -2.29. The number of fused-ring (bicyclic) bond motifs is 1. The summed E-state index contributed by atoms with van der Waals surface area (Å²) >= 11 is 8.24. The number of hydrogen-bond donors (Lipinski definition) is 1. The van der Waals surface area contributed by atoms with Gasteiger partial charge in [0.25, 0.3) is 5.91 Å². The number of hydrogen-bond acceptors (Lipinski definition) is 5. The molecular weight excluding hydrogens is 546 g/mol. The van der Waals surface area contributed by atoms with E-state index in [1.807, 2.05) is 30.0 Å². The van der Waals surface area contributed by atoms with Gasteiger partial charge < -0.3 is 19.8 Å². The fourth-order valence-corrected chi connectivity index (χ4v) is 9.64. The summed E-state index contributed by atoms with van der Waals surface area (Å²) in [5.74, 6) is -1.39. The molecule has 3 saturated heterocycles. The van der Waals surface area contributed by atoms with Gasteiger partial charge in [-0.05, 0) is 57.6 Å². The Kier molecular flexibility index (Phi) is 9.74. The lowest BCUT2D eigenvalue weighted by Gasteiger charge is -2.38. The van der Waals surface area contributed by atoms with Crippen LogP contribution in [0.25, 0.3) is 0 Å². The summed E-state index contributed by atoms with van der Waals surface area (Å²) in [6.45, 7) is 13.6. The third-order valence-corrected chi connectivity index (χ3v) is 11.0. The summed E-state index contributed by atoms with van der Waals surface area (Å²) in [5, 5.41) is 9.75. The molecule has 1 aromatic carbocycles. The molecule has 40 heavy (non-hydrogen) atoms. The Morgan fingerprint density at radius 2 is 1.88 bits per heavy atom. The van der Waals surface area contributed by atoms with Crippen molar-refractivity contribution in [3.63, 3.8) is 0 Å². The molecule has 3 aliphatic heterocycles. The van der Waals surface area contributed by atoms with Crippen LogP contribution >= 0.6 is 23.4 Å². The van der Waals surface area contributed by atoms with E-state index in [4.69, 9.17) is 11.6 Å². The lowest BCUT2D eigenvalue weighted by molar-refractivity contribution is -0.145. The van der Waals surface area contributed by atoms with E-state index >= 15 is 0 Å². The van der Waals surface area contributed by atoms with Gasteiger partial charge in [-0.15, -0.1) is 24.9 Å². The molecule has 1 aromatic rings. The smallest absolute Gasteiger partial charge is 0.251 e. The molecule has 3 aliphatic rings. The summed E-state index contributed by atoms with van der Waals surface area (Å²) in [6.07, 6.45) is 7.73. The standard InChI is InChI=1S/C31H42ClN3O4S/c1-5-17-33(18-6-2)27(37)24-25-28(38)35(20-11-8-12-21-36)26(31(25)16-15-30(24,4)40-31)29(39)34(19-7-3)23-14-10-9-13-22(23)32/h5,7,9-10,13-14,24-26,36H,1,3,6,8,11-12,15-21H2,2,4H3/t24-,25-,26?,30+,31?/m0/s1. The van der Waals surface area contributed by atoms with Crippen LogP contribution in [0.4, 0.5) is 5.69 Å². The Balaban J connectivity index is 1.78. The number of aliphatic hydroxyl groups excluding tert-OH is 1.